The average molecular weight is 236 g/mol. The van der Waals surface area contributed by atoms with E-state index in [4.69, 9.17) is 5.73 Å². The maximum Gasteiger partial charge on any atom is 0.0597 e. The molecule has 0 spiro atoms. The predicted octanol–water partition coefficient (Wildman–Crippen LogP) is 1.43. The Kier molecular flexibility index (Phi) is 4.18. The second-order valence-electron chi connectivity index (χ2n) is 5.10. The van der Waals surface area contributed by atoms with Crippen molar-refractivity contribution >= 4 is 0 Å². The van der Waals surface area contributed by atoms with E-state index in [1.807, 2.05) is 11.7 Å². The molecule has 4 heteroatoms. The van der Waals surface area contributed by atoms with Crippen LogP contribution >= 0.6 is 0 Å². The monoisotopic (exact) mass is 236 g/mol. The fourth-order valence-corrected chi connectivity index (χ4v) is 2.80. The van der Waals surface area contributed by atoms with Gasteiger partial charge in [-0.1, -0.05) is 0 Å². The molecule has 0 aromatic carbocycles. The van der Waals surface area contributed by atoms with Crippen LogP contribution in [0.1, 0.15) is 37.1 Å². The van der Waals surface area contributed by atoms with Crippen LogP contribution in [0.25, 0.3) is 0 Å². The van der Waals surface area contributed by atoms with Gasteiger partial charge in [-0.2, -0.15) is 5.10 Å². The van der Waals surface area contributed by atoms with Gasteiger partial charge in [0, 0.05) is 19.6 Å². The lowest BCUT2D eigenvalue weighted by Gasteiger charge is -2.24. The van der Waals surface area contributed by atoms with Crippen LogP contribution in [0, 0.1) is 6.92 Å². The highest BCUT2D eigenvalue weighted by atomic mass is 15.3. The Balaban J connectivity index is 1.95. The van der Waals surface area contributed by atoms with Gasteiger partial charge in [-0.05, 0) is 51.8 Å². The molecule has 1 aliphatic rings. The van der Waals surface area contributed by atoms with Crippen molar-refractivity contribution in [2.45, 2.75) is 45.2 Å². The second kappa shape index (κ2) is 5.65. The molecule has 1 aromatic heterocycles. The molecule has 2 heterocycles. The molecule has 1 fully saturated rings. The first-order valence-corrected chi connectivity index (χ1v) is 6.64. The first kappa shape index (κ1) is 12.6. The normalized spacial score (nSPS) is 21.2. The Bertz CT molecular complexity index is 358. The maximum absolute atomic E-state index is 5.60. The van der Waals surface area contributed by atoms with Gasteiger partial charge in [-0.3, -0.25) is 9.58 Å². The standard InChI is InChI=1S/C13H24N4/c1-11-9-13(16(2)15-11)10-17-8-4-6-12(17)5-3-7-14/h9,12H,3-8,10,14H2,1-2H3. The van der Waals surface area contributed by atoms with Crippen LogP contribution in [0.3, 0.4) is 0 Å². The minimum atomic E-state index is 0.730. The molecule has 0 amide bonds. The summed E-state index contributed by atoms with van der Waals surface area (Å²) in [6.07, 6.45) is 5.04. The summed E-state index contributed by atoms with van der Waals surface area (Å²) in [6, 6.07) is 2.92. The molecule has 2 N–H and O–H groups in total. The van der Waals surface area contributed by atoms with Gasteiger partial charge in [0.1, 0.15) is 0 Å². The van der Waals surface area contributed by atoms with Crippen LogP contribution in [-0.2, 0) is 13.6 Å². The van der Waals surface area contributed by atoms with Crippen molar-refractivity contribution in [1.29, 1.82) is 0 Å². The van der Waals surface area contributed by atoms with Crippen molar-refractivity contribution in [3.05, 3.63) is 17.5 Å². The number of hydrogen-bond acceptors (Lipinski definition) is 3. The van der Waals surface area contributed by atoms with Crippen molar-refractivity contribution in [2.75, 3.05) is 13.1 Å². The van der Waals surface area contributed by atoms with E-state index < -0.39 is 0 Å². The number of rotatable bonds is 5. The second-order valence-corrected chi connectivity index (χ2v) is 5.10. The fourth-order valence-electron chi connectivity index (χ4n) is 2.80. The summed E-state index contributed by atoms with van der Waals surface area (Å²) in [6.45, 7) is 5.13. The Morgan fingerprint density at radius 2 is 2.35 bits per heavy atom. The molecule has 96 valence electrons. The molecule has 2 rings (SSSR count). The number of nitrogens with two attached hydrogens (primary N) is 1. The van der Waals surface area contributed by atoms with Gasteiger partial charge in [0.2, 0.25) is 0 Å². The SMILES string of the molecule is Cc1cc(CN2CCCC2CCCN)n(C)n1. The number of aromatic nitrogens is 2. The Hall–Kier alpha value is -0.870. The smallest absolute Gasteiger partial charge is 0.0597 e. The van der Waals surface area contributed by atoms with Gasteiger partial charge in [-0.25, -0.2) is 0 Å². The molecule has 0 aliphatic carbocycles. The third-order valence-corrected chi connectivity index (χ3v) is 3.70. The summed E-state index contributed by atoms with van der Waals surface area (Å²) < 4.78 is 2.01. The third kappa shape index (κ3) is 3.07. The highest BCUT2D eigenvalue weighted by Crippen LogP contribution is 2.23. The molecule has 1 aliphatic heterocycles. The van der Waals surface area contributed by atoms with E-state index in [9.17, 15) is 0 Å². The summed E-state index contributed by atoms with van der Waals surface area (Å²) in [7, 11) is 2.04. The minimum absolute atomic E-state index is 0.730. The van der Waals surface area contributed by atoms with E-state index in [-0.39, 0.29) is 0 Å². The van der Waals surface area contributed by atoms with Crippen molar-refractivity contribution in [3.63, 3.8) is 0 Å². The topological polar surface area (TPSA) is 47.1 Å². The summed E-state index contributed by atoms with van der Waals surface area (Å²) in [5.74, 6) is 0. The lowest BCUT2D eigenvalue weighted by Crippen LogP contribution is -2.30. The zero-order chi connectivity index (χ0) is 12.3. The first-order valence-electron chi connectivity index (χ1n) is 6.64. The first-order chi connectivity index (χ1) is 8.20. The number of aryl methyl sites for hydroxylation is 2. The van der Waals surface area contributed by atoms with Gasteiger partial charge < -0.3 is 5.73 Å². The Morgan fingerprint density at radius 3 is 3.00 bits per heavy atom. The van der Waals surface area contributed by atoms with Crippen LogP contribution in [-0.4, -0.2) is 33.8 Å². The van der Waals surface area contributed by atoms with E-state index in [2.05, 4.69) is 23.0 Å². The molecule has 17 heavy (non-hydrogen) atoms. The van der Waals surface area contributed by atoms with Gasteiger partial charge in [-0.15, -0.1) is 0 Å². The maximum atomic E-state index is 5.60. The highest BCUT2D eigenvalue weighted by molar-refractivity contribution is 5.08. The third-order valence-electron chi connectivity index (χ3n) is 3.70. The van der Waals surface area contributed by atoms with Crippen LogP contribution in [0.2, 0.25) is 0 Å². The number of nitrogens with zero attached hydrogens (tertiary/aromatic N) is 3. The summed E-state index contributed by atoms with van der Waals surface area (Å²) in [4.78, 5) is 2.59. The quantitative estimate of drug-likeness (QED) is 0.841. The fraction of sp³-hybridized carbons (Fsp3) is 0.769. The van der Waals surface area contributed by atoms with E-state index in [0.29, 0.717) is 0 Å². The molecule has 1 aromatic rings. The van der Waals surface area contributed by atoms with Crippen molar-refractivity contribution in [2.24, 2.45) is 12.8 Å². The molecule has 0 saturated carbocycles. The molecule has 4 nitrogen and oxygen atoms in total. The Labute approximate surface area is 104 Å². The van der Waals surface area contributed by atoms with Gasteiger partial charge >= 0.3 is 0 Å². The molecule has 0 bridgehead atoms. The van der Waals surface area contributed by atoms with Gasteiger partial charge in [0.05, 0.1) is 11.4 Å². The van der Waals surface area contributed by atoms with E-state index in [1.165, 1.54) is 31.5 Å². The van der Waals surface area contributed by atoms with E-state index >= 15 is 0 Å². The molecule has 0 radical (unpaired) electrons. The summed E-state index contributed by atoms with van der Waals surface area (Å²) in [5.41, 5.74) is 8.03. The molecule has 1 saturated heterocycles. The lowest BCUT2D eigenvalue weighted by molar-refractivity contribution is 0.227. The zero-order valence-electron chi connectivity index (χ0n) is 11.0. The van der Waals surface area contributed by atoms with Crippen LogP contribution in [0.5, 0.6) is 0 Å². The van der Waals surface area contributed by atoms with Crippen molar-refractivity contribution < 1.29 is 0 Å². The van der Waals surface area contributed by atoms with Crippen LogP contribution in [0.4, 0.5) is 0 Å². The van der Waals surface area contributed by atoms with E-state index in [1.54, 1.807) is 0 Å². The minimum Gasteiger partial charge on any atom is -0.330 e. The van der Waals surface area contributed by atoms with Crippen LogP contribution < -0.4 is 5.73 Å². The molecular formula is C13H24N4. The van der Waals surface area contributed by atoms with Crippen molar-refractivity contribution in [3.8, 4) is 0 Å². The molecule has 1 atom stereocenters. The van der Waals surface area contributed by atoms with Gasteiger partial charge in [0.25, 0.3) is 0 Å². The number of hydrogen-bond donors (Lipinski definition) is 1. The predicted molar refractivity (Wildman–Crippen MR) is 69.7 cm³/mol. The summed E-state index contributed by atoms with van der Waals surface area (Å²) in [5, 5.41) is 4.41. The Morgan fingerprint density at radius 1 is 1.53 bits per heavy atom. The van der Waals surface area contributed by atoms with Crippen LogP contribution in [0.15, 0.2) is 6.07 Å². The average Bonchev–Trinajstić information content (AvgIpc) is 2.84. The highest BCUT2D eigenvalue weighted by Gasteiger charge is 2.24. The number of likely N-dealkylation sites (tertiary alicyclic amines) is 1. The molecular weight excluding hydrogens is 212 g/mol. The van der Waals surface area contributed by atoms with E-state index in [0.717, 1.165) is 31.2 Å². The zero-order valence-corrected chi connectivity index (χ0v) is 11.0. The largest absolute Gasteiger partial charge is 0.330 e. The van der Waals surface area contributed by atoms with Crippen molar-refractivity contribution in [1.82, 2.24) is 14.7 Å². The molecule has 1 unspecified atom stereocenters. The summed E-state index contributed by atoms with van der Waals surface area (Å²) >= 11 is 0. The lowest BCUT2D eigenvalue weighted by atomic mass is 10.1. The van der Waals surface area contributed by atoms with Gasteiger partial charge in [0.15, 0.2) is 0 Å².